The maximum absolute atomic E-state index is 12.5. The number of pyridine rings is 1. The minimum Gasteiger partial charge on any atom is -0.376 e. The molecule has 1 aliphatic heterocycles. The third-order valence-corrected chi connectivity index (χ3v) is 6.19. The van der Waals surface area contributed by atoms with E-state index in [4.69, 9.17) is 4.74 Å². The van der Waals surface area contributed by atoms with Crippen LogP contribution in [0.15, 0.2) is 59.8 Å². The van der Waals surface area contributed by atoms with Crippen LogP contribution in [0.4, 0.5) is 0 Å². The molecule has 2 heterocycles. The van der Waals surface area contributed by atoms with Crippen LogP contribution < -0.4 is 0 Å². The van der Waals surface area contributed by atoms with E-state index in [0.717, 1.165) is 18.4 Å². The summed E-state index contributed by atoms with van der Waals surface area (Å²) < 4.78 is 32.4. The van der Waals surface area contributed by atoms with Gasteiger partial charge in [0.2, 0.25) is 10.0 Å². The largest absolute Gasteiger partial charge is 0.376 e. The van der Waals surface area contributed by atoms with Gasteiger partial charge in [-0.2, -0.15) is 4.31 Å². The molecule has 0 N–H and O–H groups in total. The highest BCUT2D eigenvalue weighted by atomic mass is 32.2. The Bertz CT molecular complexity index is 727. The predicted octanol–water partition coefficient (Wildman–Crippen LogP) is 2.70. The molecular weight excluding hydrogens is 324 g/mol. The lowest BCUT2D eigenvalue weighted by Crippen LogP contribution is -2.39. The second-order valence-electron chi connectivity index (χ2n) is 6.04. The molecule has 0 atom stereocenters. The smallest absolute Gasteiger partial charge is 0.244 e. The first-order valence-corrected chi connectivity index (χ1v) is 9.62. The molecule has 0 saturated carbocycles. The van der Waals surface area contributed by atoms with Crippen molar-refractivity contribution >= 4 is 10.0 Å². The molecule has 1 aliphatic rings. The maximum atomic E-state index is 12.5. The van der Waals surface area contributed by atoms with Crippen LogP contribution in [0.2, 0.25) is 0 Å². The zero-order valence-electron chi connectivity index (χ0n) is 13.5. The third kappa shape index (κ3) is 4.20. The fourth-order valence-electron chi connectivity index (χ4n) is 2.88. The van der Waals surface area contributed by atoms with E-state index in [1.807, 2.05) is 30.3 Å². The van der Waals surface area contributed by atoms with E-state index in [-0.39, 0.29) is 4.90 Å². The van der Waals surface area contributed by atoms with Crippen molar-refractivity contribution in [2.75, 3.05) is 19.7 Å². The summed E-state index contributed by atoms with van der Waals surface area (Å²) in [5.74, 6) is 0.411. The standard InChI is InChI=1S/C18H22N2O3S/c21-24(22,18-7-4-10-19-13-18)20-11-8-17(9-12-20)15-23-14-16-5-2-1-3-6-16/h1-7,10,13,17H,8-9,11-12,14-15H2. The molecule has 1 fully saturated rings. The summed E-state index contributed by atoms with van der Waals surface area (Å²) in [5, 5.41) is 0. The molecule has 3 rings (SSSR count). The summed E-state index contributed by atoms with van der Waals surface area (Å²) in [5.41, 5.74) is 1.16. The second-order valence-corrected chi connectivity index (χ2v) is 7.97. The number of hydrogen-bond donors (Lipinski definition) is 0. The lowest BCUT2D eigenvalue weighted by atomic mass is 9.99. The topological polar surface area (TPSA) is 59.5 Å². The number of piperidine rings is 1. The second kappa shape index (κ2) is 7.88. The van der Waals surface area contributed by atoms with E-state index < -0.39 is 10.0 Å². The van der Waals surface area contributed by atoms with Gasteiger partial charge in [-0.3, -0.25) is 4.98 Å². The van der Waals surface area contributed by atoms with Crippen LogP contribution in [0.25, 0.3) is 0 Å². The average molecular weight is 346 g/mol. The van der Waals surface area contributed by atoms with Crippen molar-refractivity contribution < 1.29 is 13.2 Å². The molecule has 0 spiro atoms. The summed E-state index contributed by atoms with van der Waals surface area (Å²) in [4.78, 5) is 4.17. The first kappa shape index (κ1) is 17.1. The Morgan fingerprint density at radius 3 is 2.50 bits per heavy atom. The van der Waals surface area contributed by atoms with Gasteiger partial charge in [0.05, 0.1) is 6.61 Å². The molecular formula is C18H22N2O3S. The zero-order valence-corrected chi connectivity index (χ0v) is 14.4. The molecule has 1 aromatic carbocycles. The van der Waals surface area contributed by atoms with Gasteiger partial charge in [-0.15, -0.1) is 0 Å². The molecule has 1 saturated heterocycles. The van der Waals surface area contributed by atoms with Crippen molar-refractivity contribution in [2.45, 2.75) is 24.3 Å². The van der Waals surface area contributed by atoms with E-state index in [0.29, 0.717) is 32.2 Å². The quantitative estimate of drug-likeness (QED) is 0.807. The average Bonchev–Trinajstić information content (AvgIpc) is 2.64. The van der Waals surface area contributed by atoms with Crippen LogP contribution in [-0.2, 0) is 21.4 Å². The van der Waals surface area contributed by atoms with Crippen LogP contribution in [0.3, 0.4) is 0 Å². The summed E-state index contributed by atoms with van der Waals surface area (Å²) in [6.07, 6.45) is 4.64. The van der Waals surface area contributed by atoms with Crippen molar-refractivity contribution in [1.82, 2.24) is 9.29 Å². The Kier molecular flexibility index (Phi) is 5.60. The Balaban J connectivity index is 1.47. The van der Waals surface area contributed by atoms with Gasteiger partial charge < -0.3 is 4.74 Å². The van der Waals surface area contributed by atoms with Crippen molar-refractivity contribution in [3.05, 3.63) is 60.4 Å². The summed E-state index contributed by atoms with van der Waals surface area (Å²) in [6.45, 7) is 2.36. The van der Waals surface area contributed by atoms with E-state index in [1.165, 1.54) is 6.20 Å². The fourth-order valence-corrected chi connectivity index (χ4v) is 4.32. The lowest BCUT2D eigenvalue weighted by molar-refractivity contribution is 0.0688. The Labute approximate surface area is 143 Å². The Morgan fingerprint density at radius 1 is 1.08 bits per heavy atom. The maximum Gasteiger partial charge on any atom is 0.244 e. The number of aromatic nitrogens is 1. The number of benzene rings is 1. The molecule has 5 nitrogen and oxygen atoms in total. The van der Waals surface area contributed by atoms with Crippen molar-refractivity contribution in [3.63, 3.8) is 0 Å². The van der Waals surface area contributed by atoms with Gasteiger partial charge in [-0.05, 0) is 36.5 Å². The fraction of sp³-hybridized carbons (Fsp3) is 0.389. The molecule has 0 radical (unpaired) electrons. The van der Waals surface area contributed by atoms with Gasteiger partial charge in [0.15, 0.2) is 0 Å². The van der Waals surface area contributed by atoms with Crippen LogP contribution in [0.5, 0.6) is 0 Å². The van der Waals surface area contributed by atoms with E-state index >= 15 is 0 Å². The predicted molar refractivity (Wildman–Crippen MR) is 91.8 cm³/mol. The van der Waals surface area contributed by atoms with Crippen LogP contribution in [-0.4, -0.2) is 37.4 Å². The van der Waals surface area contributed by atoms with E-state index in [9.17, 15) is 8.42 Å². The van der Waals surface area contributed by atoms with Crippen LogP contribution in [0.1, 0.15) is 18.4 Å². The number of sulfonamides is 1. The van der Waals surface area contributed by atoms with E-state index in [2.05, 4.69) is 4.98 Å². The number of nitrogens with zero attached hydrogens (tertiary/aromatic N) is 2. The van der Waals surface area contributed by atoms with Gasteiger partial charge in [0, 0.05) is 32.1 Å². The van der Waals surface area contributed by atoms with Gasteiger partial charge in [0.1, 0.15) is 4.90 Å². The van der Waals surface area contributed by atoms with Gasteiger partial charge in [-0.25, -0.2) is 8.42 Å². The first-order valence-electron chi connectivity index (χ1n) is 8.18. The minimum atomic E-state index is -3.42. The number of rotatable bonds is 6. The molecule has 6 heteroatoms. The molecule has 0 aliphatic carbocycles. The zero-order chi connectivity index (χ0) is 16.8. The normalized spacial score (nSPS) is 17.0. The van der Waals surface area contributed by atoms with Gasteiger partial charge in [0.25, 0.3) is 0 Å². The number of ether oxygens (including phenoxy) is 1. The minimum absolute atomic E-state index is 0.267. The van der Waals surface area contributed by atoms with Crippen LogP contribution in [0, 0.1) is 5.92 Å². The molecule has 24 heavy (non-hydrogen) atoms. The van der Waals surface area contributed by atoms with E-state index in [1.54, 1.807) is 22.6 Å². The molecule has 0 amide bonds. The lowest BCUT2D eigenvalue weighted by Gasteiger charge is -2.31. The Hall–Kier alpha value is -1.76. The summed E-state index contributed by atoms with van der Waals surface area (Å²) in [7, 11) is -3.42. The highest BCUT2D eigenvalue weighted by Gasteiger charge is 2.29. The molecule has 128 valence electrons. The molecule has 0 bridgehead atoms. The highest BCUT2D eigenvalue weighted by molar-refractivity contribution is 7.89. The Morgan fingerprint density at radius 2 is 1.83 bits per heavy atom. The third-order valence-electron chi connectivity index (χ3n) is 4.31. The molecule has 2 aromatic rings. The molecule has 1 aromatic heterocycles. The number of hydrogen-bond acceptors (Lipinski definition) is 4. The first-order chi connectivity index (χ1) is 11.7. The van der Waals surface area contributed by atoms with Crippen molar-refractivity contribution in [3.8, 4) is 0 Å². The summed E-state index contributed by atoms with van der Waals surface area (Å²) >= 11 is 0. The van der Waals surface area contributed by atoms with Gasteiger partial charge >= 0.3 is 0 Å². The van der Waals surface area contributed by atoms with Crippen molar-refractivity contribution in [2.24, 2.45) is 5.92 Å². The van der Waals surface area contributed by atoms with Gasteiger partial charge in [-0.1, -0.05) is 30.3 Å². The monoisotopic (exact) mass is 346 g/mol. The highest BCUT2D eigenvalue weighted by Crippen LogP contribution is 2.23. The summed E-state index contributed by atoms with van der Waals surface area (Å²) in [6, 6.07) is 13.3. The van der Waals surface area contributed by atoms with Crippen LogP contribution >= 0.6 is 0 Å². The molecule has 0 unspecified atom stereocenters. The SMILES string of the molecule is O=S(=O)(c1cccnc1)N1CCC(COCc2ccccc2)CC1. The van der Waals surface area contributed by atoms with Crippen molar-refractivity contribution in [1.29, 1.82) is 0 Å².